The third kappa shape index (κ3) is 5.01. The molecule has 1 aliphatic heterocycles. The van der Waals surface area contributed by atoms with Crippen molar-refractivity contribution in [2.45, 2.75) is 26.2 Å². The Morgan fingerprint density at radius 3 is 2.73 bits per heavy atom. The number of carbonyl (C=O) groups excluding carboxylic acids is 2. The average molecular weight is 503 g/mol. The van der Waals surface area contributed by atoms with E-state index < -0.39 is 5.92 Å². The number of H-pyrrole nitrogens is 1. The normalized spacial score (nSPS) is 15.2. The quantitative estimate of drug-likeness (QED) is 0.378. The maximum absolute atomic E-state index is 13.3. The summed E-state index contributed by atoms with van der Waals surface area (Å²) in [6.45, 7) is 2.23. The van der Waals surface area contributed by atoms with Gasteiger partial charge < -0.3 is 19.4 Å². The molecule has 1 fully saturated rings. The van der Waals surface area contributed by atoms with Crippen LogP contribution in [0.2, 0.25) is 0 Å². The first kappa shape index (κ1) is 24.0. The van der Waals surface area contributed by atoms with Crippen molar-refractivity contribution in [3.63, 3.8) is 0 Å². The van der Waals surface area contributed by atoms with Gasteiger partial charge in [0.2, 0.25) is 17.8 Å². The Morgan fingerprint density at radius 1 is 1.22 bits per heavy atom. The first-order chi connectivity index (χ1) is 17.9. The van der Waals surface area contributed by atoms with Crippen LogP contribution in [0.4, 0.5) is 11.5 Å². The third-order valence-corrected chi connectivity index (χ3v) is 6.10. The molecule has 0 aliphatic carbocycles. The summed E-state index contributed by atoms with van der Waals surface area (Å²) in [5, 5.41) is 7.40. The maximum Gasteiger partial charge on any atom is 0.252 e. The number of aromatic amines is 1. The van der Waals surface area contributed by atoms with Gasteiger partial charge in [-0.1, -0.05) is 13.3 Å². The summed E-state index contributed by atoms with van der Waals surface area (Å²) < 4.78 is 12.0. The molecule has 3 aromatic heterocycles. The second-order valence-corrected chi connectivity index (χ2v) is 8.71. The van der Waals surface area contributed by atoms with Crippen LogP contribution in [-0.4, -0.2) is 45.2 Å². The molecule has 2 N–H and O–H groups in total. The number of hydrogen-bond donors (Lipinski definition) is 2. The van der Waals surface area contributed by atoms with Crippen LogP contribution in [0.5, 0.6) is 5.75 Å². The van der Waals surface area contributed by atoms with Crippen LogP contribution in [0.3, 0.4) is 0 Å². The molecule has 0 bridgehead atoms. The summed E-state index contributed by atoms with van der Waals surface area (Å²) in [7, 11) is 1.57. The zero-order chi connectivity index (χ0) is 25.9. The van der Waals surface area contributed by atoms with Gasteiger partial charge in [-0.25, -0.2) is 4.98 Å². The Morgan fingerprint density at radius 2 is 2.03 bits per heavy atom. The fourth-order valence-corrected chi connectivity index (χ4v) is 4.28. The highest BCUT2D eigenvalue weighted by Crippen LogP contribution is 2.29. The lowest BCUT2D eigenvalue weighted by Crippen LogP contribution is -2.28. The number of carbonyl (C=O) groups is 2. The Kier molecular flexibility index (Phi) is 6.59. The highest BCUT2D eigenvalue weighted by molar-refractivity contribution is 6.03. The number of ether oxygens (including phenoxy) is 1. The predicted octanol–water partition coefficient (Wildman–Crippen LogP) is 3.17. The molecule has 0 radical (unpaired) electrons. The van der Waals surface area contributed by atoms with E-state index in [1.54, 1.807) is 54.5 Å². The van der Waals surface area contributed by atoms with Crippen LogP contribution in [0.25, 0.3) is 17.4 Å². The second kappa shape index (κ2) is 10.1. The van der Waals surface area contributed by atoms with Gasteiger partial charge in [-0.3, -0.25) is 19.4 Å². The van der Waals surface area contributed by atoms with Gasteiger partial charge in [0.25, 0.3) is 5.56 Å². The minimum absolute atomic E-state index is 0.0676. The standard InChI is InChI=1S/C26H26N6O5/c1-3-5-17-13-23(33)29-26(27-17)32-22(14-20(30-32)21-6-4-11-37-21)28-25(35)16-12-24(34)31(15-16)18-7-9-19(36-2)10-8-18/h4,6-11,13-14,16H,3,5,12,15H2,1-2H3,(H,28,35)(H,27,29,33). The number of methoxy groups -OCH3 is 1. The van der Waals surface area contributed by atoms with E-state index in [1.165, 1.54) is 17.0 Å². The summed E-state index contributed by atoms with van der Waals surface area (Å²) in [6.07, 6.45) is 3.03. The summed E-state index contributed by atoms with van der Waals surface area (Å²) in [5.41, 5.74) is 1.44. The van der Waals surface area contributed by atoms with Gasteiger partial charge in [0.1, 0.15) is 17.3 Å². The van der Waals surface area contributed by atoms with E-state index in [9.17, 15) is 14.4 Å². The molecule has 1 saturated heterocycles. The lowest BCUT2D eigenvalue weighted by atomic mass is 10.1. The zero-order valence-corrected chi connectivity index (χ0v) is 20.4. The van der Waals surface area contributed by atoms with E-state index >= 15 is 0 Å². The first-order valence-electron chi connectivity index (χ1n) is 11.9. The Bertz CT molecular complexity index is 1470. The smallest absolute Gasteiger partial charge is 0.252 e. The monoisotopic (exact) mass is 502 g/mol. The number of hydrogen-bond acceptors (Lipinski definition) is 7. The Hall–Kier alpha value is -4.67. The summed E-state index contributed by atoms with van der Waals surface area (Å²) in [4.78, 5) is 47.1. The summed E-state index contributed by atoms with van der Waals surface area (Å²) in [5.74, 6) is 0.568. The first-order valence-corrected chi connectivity index (χ1v) is 11.9. The summed E-state index contributed by atoms with van der Waals surface area (Å²) >= 11 is 0. The van der Waals surface area contributed by atoms with Gasteiger partial charge in [0.15, 0.2) is 5.76 Å². The van der Waals surface area contributed by atoms with Crippen molar-refractivity contribution in [3.8, 4) is 23.2 Å². The third-order valence-electron chi connectivity index (χ3n) is 6.10. The minimum Gasteiger partial charge on any atom is -0.497 e. The number of benzene rings is 1. The molecule has 0 spiro atoms. The average Bonchev–Trinajstić information content (AvgIpc) is 3.64. The van der Waals surface area contributed by atoms with Crippen LogP contribution < -0.4 is 20.5 Å². The molecule has 4 heterocycles. The van der Waals surface area contributed by atoms with Crippen molar-refractivity contribution < 1.29 is 18.7 Å². The van der Waals surface area contributed by atoms with Crippen molar-refractivity contribution in [1.29, 1.82) is 0 Å². The molecule has 1 unspecified atom stereocenters. The molecule has 1 atom stereocenters. The number of aromatic nitrogens is 4. The van der Waals surface area contributed by atoms with E-state index in [1.807, 2.05) is 6.92 Å². The van der Waals surface area contributed by atoms with Crippen molar-refractivity contribution in [1.82, 2.24) is 19.7 Å². The molecule has 5 rings (SSSR count). The van der Waals surface area contributed by atoms with Gasteiger partial charge in [-0.05, 0) is 42.8 Å². The maximum atomic E-state index is 13.3. The molecule has 4 aromatic rings. The van der Waals surface area contributed by atoms with Crippen molar-refractivity contribution in [2.24, 2.45) is 5.92 Å². The van der Waals surface area contributed by atoms with Crippen molar-refractivity contribution >= 4 is 23.3 Å². The molecule has 2 amide bonds. The SMILES string of the molecule is CCCc1cc(=O)[nH]c(-n2nc(-c3ccco3)cc2NC(=O)C2CC(=O)N(c3ccc(OC)cc3)C2)n1. The lowest BCUT2D eigenvalue weighted by Gasteiger charge is -2.17. The number of anilines is 2. The number of furan rings is 1. The molecular formula is C26H26N6O5. The van der Waals surface area contributed by atoms with Gasteiger partial charge in [0, 0.05) is 36.5 Å². The van der Waals surface area contributed by atoms with Crippen LogP contribution >= 0.6 is 0 Å². The van der Waals surface area contributed by atoms with Crippen molar-refractivity contribution in [2.75, 3.05) is 23.9 Å². The number of nitrogens with one attached hydrogen (secondary N) is 2. The van der Waals surface area contributed by atoms with E-state index in [2.05, 4.69) is 20.4 Å². The molecular weight excluding hydrogens is 476 g/mol. The van der Waals surface area contributed by atoms with E-state index in [0.29, 0.717) is 40.8 Å². The molecule has 1 aliphatic rings. The van der Waals surface area contributed by atoms with Gasteiger partial charge in [-0.2, -0.15) is 9.78 Å². The van der Waals surface area contributed by atoms with Crippen LogP contribution in [0.1, 0.15) is 25.5 Å². The van der Waals surface area contributed by atoms with Crippen LogP contribution in [0.15, 0.2) is 64.0 Å². The van der Waals surface area contributed by atoms with Gasteiger partial charge >= 0.3 is 0 Å². The summed E-state index contributed by atoms with van der Waals surface area (Å²) in [6, 6.07) is 13.7. The van der Waals surface area contributed by atoms with E-state index in [0.717, 1.165) is 6.42 Å². The fraction of sp³-hybridized carbons (Fsp3) is 0.269. The Balaban J connectivity index is 1.42. The van der Waals surface area contributed by atoms with E-state index in [4.69, 9.17) is 9.15 Å². The predicted molar refractivity (Wildman–Crippen MR) is 136 cm³/mol. The minimum atomic E-state index is -0.580. The van der Waals surface area contributed by atoms with E-state index in [-0.39, 0.29) is 36.3 Å². The second-order valence-electron chi connectivity index (χ2n) is 8.71. The highest BCUT2D eigenvalue weighted by atomic mass is 16.5. The lowest BCUT2D eigenvalue weighted by molar-refractivity contribution is -0.122. The zero-order valence-electron chi connectivity index (χ0n) is 20.4. The number of aryl methyl sites for hydroxylation is 1. The van der Waals surface area contributed by atoms with Crippen LogP contribution in [-0.2, 0) is 16.0 Å². The molecule has 11 nitrogen and oxygen atoms in total. The molecule has 0 saturated carbocycles. The Labute approximate surface area is 212 Å². The highest BCUT2D eigenvalue weighted by Gasteiger charge is 2.35. The molecule has 11 heteroatoms. The molecule has 190 valence electrons. The van der Waals surface area contributed by atoms with Gasteiger partial charge in [0.05, 0.1) is 19.3 Å². The number of rotatable bonds is 8. The molecule has 37 heavy (non-hydrogen) atoms. The molecule has 1 aromatic carbocycles. The fourth-order valence-electron chi connectivity index (χ4n) is 4.28. The number of amides is 2. The van der Waals surface area contributed by atoms with Crippen molar-refractivity contribution in [3.05, 3.63) is 70.8 Å². The number of nitrogens with zero attached hydrogens (tertiary/aromatic N) is 4. The largest absolute Gasteiger partial charge is 0.497 e. The van der Waals surface area contributed by atoms with Gasteiger partial charge in [-0.15, -0.1) is 0 Å². The topological polar surface area (TPSA) is 135 Å². The van der Waals surface area contributed by atoms with Crippen LogP contribution in [0, 0.1) is 5.92 Å².